The van der Waals surface area contributed by atoms with Crippen LogP contribution in [0.5, 0.6) is 0 Å². The van der Waals surface area contributed by atoms with Gasteiger partial charge < -0.3 is 5.73 Å². The number of carbonyl (C=O) groups excluding carboxylic acids is 1. The van der Waals surface area contributed by atoms with Gasteiger partial charge in [0.1, 0.15) is 0 Å². The first-order valence-corrected chi connectivity index (χ1v) is 6.25. The van der Waals surface area contributed by atoms with Gasteiger partial charge in [-0.05, 0) is 43.1 Å². The molecule has 5 nitrogen and oxygen atoms in total. The third kappa shape index (κ3) is 3.07. The van der Waals surface area contributed by atoms with Crippen molar-refractivity contribution in [1.29, 1.82) is 0 Å². The quantitative estimate of drug-likeness (QED) is 0.400. The van der Waals surface area contributed by atoms with Gasteiger partial charge in [0.15, 0.2) is 0 Å². The van der Waals surface area contributed by atoms with Crippen molar-refractivity contribution >= 4 is 5.91 Å². The highest BCUT2D eigenvalue weighted by Gasteiger charge is 2.21. The molecule has 18 heavy (non-hydrogen) atoms. The Kier molecular flexibility index (Phi) is 4.30. The molecule has 1 aliphatic heterocycles. The molecular weight excluding hydrogens is 228 g/mol. The van der Waals surface area contributed by atoms with Crippen LogP contribution in [0.4, 0.5) is 0 Å². The van der Waals surface area contributed by atoms with Gasteiger partial charge in [0.25, 0.3) is 5.91 Å². The van der Waals surface area contributed by atoms with Crippen molar-refractivity contribution in [3.05, 3.63) is 35.4 Å². The van der Waals surface area contributed by atoms with E-state index in [-0.39, 0.29) is 5.91 Å². The van der Waals surface area contributed by atoms with E-state index in [1.54, 1.807) is 6.07 Å². The van der Waals surface area contributed by atoms with Crippen LogP contribution in [0.2, 0.25) is 0 Å². The molecule has 1 heterocycles. The lowest BCUT2D eigenvalue weighted by molar-refractivity contribution is 0.0953. The topological polar surface area (TPSA) is 84.4 Å². The van der Waals surface area contributed by atoms with Crippen LogP contribution in [0.3, 0.4) is 0 Å². The lowest BCUT2D eigenvalue weighted by atomic mass is 10.1. The number of nitrogens with zero attached hydrogens (tertiary/aromatic N) is 1. The Hall–Kier alpha value is -1.43. The highest BCUT2D eigenvalue weighted by molar-refractivity contribution is 5.93. The number of likely N-dealkylation sites (tertiary alicyclic amines) is 1. The van der Waals surface area contributed by atoms with Crippen LogP contribution >= 0.6 is 0 Å². The van der Waals surface area contributed by atoms with Gasteiger partial charge in [0.05, 0.1) is 0 Å². The standard InChI is InChI=1S/C13H20N4O/c14-7-11-4-5-17(9-11)8-10-2-1-3-12(6-10)13(18)16-15/h1-3,6,11H,4-5,7-9,14-15H2,(H,16,18). The third-order valence-corrected chi connectivity index (χ3v) is 3.43. The van der Waals surface area contributed by atoms with Gasteiger partial charge in [-0.3, -0.25) is 15.1 Å². The summed E-state index contributed by atoms with van der Waals surface area (Å²) in [6, 6.07) is 7.57. The number of nitrogen functional groups attached to an aromatic ring is 1. The van der Waals surface area contributed by atoms with Crippen LogP contribution in [0.1, 0.15) is 22.3 Å². The monoisotopic (exact) mass is 248 g/mol. The molecule has 1 aromatic rings. The van der Waals surface area contributed by atoms with E-state index >= 15 is 0 Å². The lowest BCUT2D eigenvalue weighted by Gasteiger charge is -2.16. The molecule has 2 rings (SSSR count). The summed E-state index contributed by atoms with van der Waals surface area (Å²) in [6.07, 6.45) is 1.17. The maximum Gasteiger partial charge on any atom is 0.265 e. The van der Waals surface area contributed by atoms with Crippen molar-refractivity contribution in [2.75, 3.05) is 19.6 Å². The molecule has 1 saturated heterocycles. The largest absolute Gasteiger partial charge is 0.330 e. The van der Waals surface area contributed by atoms with Crippen molar-refractivity contribution in [2.24, 2.45) is 17.5 Å². The molecule has 0 bridgehead atoms. The molecule has 1 fully saturated rings. The predicted molar refractivity (Wildman–Crippen MR) is 70.5 cm³/mol. The molecule has 0 aliphatic carbocycles. The highest BCUT2D eigenvalue weighted by Crippen LogP contribution is 2.18. The Labute approximate surface area is 107 Å². The second kappa shape index (κ2) is 5.95. The number of hydrogen-bond acceptors (Lipinski definition) is 4. The second-order valence-electron chi connectivity index (χ2n) is 4.80. The number of nitrogens with two attached hydrogens (primary N) is 2. The molecular formula is C13H20N4O. The minimum Gasteiger partial charge on any atom is -0.330 e. The van der Waals surface area contributed by atoms with E-state index in [9.17, 15) is 4.79 Å². The maximum absolute atomic E-state index is 11.4. The van der Waals surface area contributed by atoms with E-state index in [2.05, 4.69) is 10.3 Å². The zero-order valence-electron chi connectivity index (χ0n) is 10.4. The molecule has 1 atom stereocenters. The fourth-order valence-corrected chi connectivity index (χ4v) is 2.40. The molecule has 1 unspecified atom stereocenters. The Balaban J connectivity index is 1.99. The first-order chi connectivity index (χ1) is 8.72. The van der Waals surface area contributed by atoms with Gasteiger partial charge >= 0.3 is 0 Å². The van der Waals surface area contributed by atoms with Gasteiger partial charge in [0.2, 0.25) is 0 Å². The number of rotatable bonds is 4. The van der Waals surface area contributed by atoms with Crippen molar-refractivity contribution in [3.8, 4) is 0 Å². The van der Waals surface area contributed by atoms with E-state index in [0.717, 1.165) is 31.7 Å². The summed E-state index contributed by atoms with van der Waals surface area (Å²) in [6.45, 7) is 3.74. The normalized spacial score (nSPS) is 20.0. The van der Waals surface area contributed by atoms with Gasteiger partial charge in [-0.2, -0.15) is 0 Å². The number of hydrogen-bond donors (Lipinski definition) is 3. The number of nitrogens with one attached hydrogen (secondary N) is 1. The average Bonchev–Trinajstić information content (AvgIpc) is 2.86. The summed E-state index contributed by atoms with van der Waals surface area (Å²) >= 11 is 0. The van der Waals surface area contributed by atoms with Gasteiger partial charge in [0, 0.05) is 18.7 Å². The summed E-state index contributed by atoms with van der Waals surface area (Å²) < 4.78 is 0. The maximum atomic E-state index is 11.4. The molecule has 0 saturated carbocycles. The van der Waals surface area contributed by atoms with E-state index in [1.807, 2.05) is 18.2 Å². The molecule has 0 radical (unpaired) electrons. The lowest BCUT2D eigenvalue weighted by Crippen LogP contribution is -2.30. The molecule has 0 spiro atoms. The van der Waals surface area contributed by atoms with E-state index < -0.39 is 0 Å². The van der Waals surface area contributed by atoms with Crippen molar-refractivity contribution in [2.45, 2.75) is 13.0 Å². The Morgan fingerprint density at radius 1 is 1.50 bits per heavy atom. The van der Waals surface area contributed by atoms with Gasteiger partial charge in [-0.25, -0.2) is 5.84 Å². The van der Waals surface area contributed by atoms with Crippen LogP contribution in [0.15, 0.2) is 24.3 Å². The Morgan fingerprint density at radius 2 is 2.33 bits per heavy atom. The van der Waals surface area contributed by atoms with Crippen molar-refractivity contribution < 1.29 is 4.79 Å². The summed E-state index contributed by atoms with van der Waals surface area (Å²) in [4.78, 5) is 13.8. The highest BCUT2D eigenvalue weighted by atomic mass is 16.2. The molecule has 1 aromatic carbocycles. The average molecular weight is 248 g/mol. The fraction of sp³-hybridized carbons (Fsp3) is 0.462. The van der Waals surface area contributed by atoms with Crippen LogP contribution in [0, 0.1) is 5.92 Å². The zero-order valence-corrected chi connectivity index (χ0v) is 10.4. The molecule has 98 valence electrons. The molecule has 5 heteroatoms. The summed E-state index contributed by atoms with van der Waals surface area (Å²) in [7, 11) is 0. The number of hydrazine groups is 1. The summed E-state index contributed by atoms with van der Waals surface area (Å²) in [5.74, 6) is 5.49. The molecule has 5 N–H and O–H groups in total. The summed E-state index contributed by atoms with van der Waals surface area (Å²) in [5.41, 5.74) is 9.56. The van der Waals surface area contributed by atoms with E-state index in [1.165, 1.54) is 6.42 Å². The number of amides is 1. The Bertz CT molecular complexity index is 421. The minimum absolute atomic E-state index is 0.252. The summed E-state index contributed by atoms with van der Waals surface area (Å²) in [5, 5.41) is 0. The zero-order chi connectivity index (χ0) is 13.0. The van der Waals surface area contributed by atoms with Crippen LogP contribution in [-0.4, -0.2) is 30.4 Å². The van der Waals surface area contributed by atoms with Gasteiger partial charge in [-0.1, -0.05) is 12.1 Å². The minimum atomic E-state index is -0.252. The van der Waals surface area contributed by atoms with Crippen LogP contribution < -0.4 is 17.0 Å². The van der Waals surface area contributed by atoms with Crippen molar-refractivity contribution in [3.63, 3.8) is 0 Å². The van der Waals surface area contributed by atoms with Crippen molar-refractivity contribution in [1.82, 2.24) is 10.3 Å². The van der Waals surface area contributed by atoms with E-state index in [4.69, 9.17) is 11.6 Å². The van der Waals surface area contributed by atoms with Crippen LogP contribution in [0.25, 0.3) is 0 Å². The number of carbonyl (C=O) groups is 1. The smallest absolute Gasteiger partial charge is 0.265 e. The molecule has 1 amide bonds. The SMILES string of the molecule is NCC1CCN(Cc2cccc(C(=O)NN)c2)C1. The first kappa shape index (κ1) is 13.0. The third-order valence-electron chi connectivity index (χ3n) is 3.43. The first-order valence-electron chi connectivity index (χ1n) is 6.25. The number of benzene rings is 1. The molecule has 1 aliphatic rings. The fourth-order valence-electron chi connectivity index (χ4n) is 2.40. The van der Waals surface area contributed by atoms with Crippen LogP contribution in [-0.2, 0) is 6.54 Å². The van der Waals surface area contributed by atoms with Gasteiger partial charge in [-0.15, -0.1) is 0 Å². The Morgan fingerprint density at radius 3 is 3.00 bits per heavy atom. The second-order valence-corrected chi connectivity index (χ2v) is 4.80. The predicted octanol–water partition coefficient (Wildman–Crippen LogP) is 0.0707. The van der Waals surface area contributed by atoms with E-state index in [0.29, 0.717) is 11.5 Å². The molecule has 0 aromatic heterocycles.